The number of carboxylic acids is 1. The van der Waals surface area contributed by atoms with Crippen molar-refractivity contribution in [2.45, 2.75) is 31.5 Å². The van der Waals surface area contributed by atoms with E-state index in [0.717, 1.165) is 22.3 Å². The molecule has 7 nitrogen and oxygen atoms in total. The largest absolute Gasteiger partial charge is 0.481 e. The van der Waals surface area contributed by atoms with Crippen LogP contribution in [-0.4, -0.2) is 48.4 Å². The topological polar surface area (TPSA) is 105 Å². The van der Waals surface area contributed by atoms with Gasteiger partial charge in [0.1, 0.15) is 6.61 Å². The van der Waals surface area contributed by atoms with Crippen molar-refractivity contribution >= 4 is 18.0 Å². The van der Waals surface area contributed by atoms with Crippen LogP contribution >= 0.6 is 0 Å². The van der Waals surface area contributed by atoms with Gasteiger partial charge in [-0.1, -0.05) is 55.5 Å². The quantitative estimate of drug-likeness (QED) is 0.553. The number of fused-ring (bicyclic) bond motifs is 3. The van der Waals surface area contributed by atoms with Gasteiger partial charge in [-0.05, 0) is 28.7 Å². The number of nitrogens with one attached hydrogen (secondary N) is 2. The first-order chi connectivity index (χ1) is 15.6. The fourth-order valence-electron chi connectivity index (χ4n) is 3.79. The third-order valence-electron chi connectivity index (χ3n) is 5.56. The number of carboxylic acid groups (broad SMARTS) is 1. The number of ether oxygens (including phenoxy) is 1. The number of carbonyl (C=O) groups is 3. The van der Waals surface area contributed by atoms with Gasteiger partial charge in [-0.25, -0.2) is 4.79 Å². The number of alkyl halides is 3. The van der Waals surface area contributed by atoms with Gasteiger partial charge in [-0.15, -0.1) is 0 Å². The fraction of sp³-hybridized carbons (Fsp3) is 0.348. The maximum Gasteiger partial charge on any atom is 0.417 e. The number of rotatable bonds is 8. The minimum Gasteiger partial charge on any atom is -0.481 e. The highest BCUT2D eigenvalue weighted by atomic mass is 19.4. The van der Waals surface area contributed by atoms with Crippen molar-refractivity contribution in [2.75, 3.05) is 13.2 Å². The van der Waals surface area contributed by atoms with E-state index >= 15 is 0 Å². The van der Waals surface area contributed by atoms with Gasteiger partial charge in [0, 0.05) is 12.5 Å². The van der Waals surface area contributed by atoms with E-state index in [4.69, 9.17) is 9.84 Å². The van der Waals surface area contributed by atoms with Gasteiger partial charge in [-0.3, -0.25) is 9.59 Å². The molecule has 3 N–H and O–H groups in total. The highest BCUT2D eigenvalue weighted by molar-refractivity contribution is 5.87. The van der Waals surface area contributed by atoms with Crippen molar-refractivity contribution in [3.63, 3.8) is 0 Å². The van der Waals surface area contributed by atoms with Crippen molar-refractivity contribution in [1.82, 2.24) is 10.6 Å². The lowest BCUT2D eigenvalue weighted by Crippen LogP contribution is -2.55. The Morgan fingerprint density at radius 3 is 2.06 bits per heavy atom. The molecule has 0 bridgehead atoms. The van der Waals surface area contributed by atoms with Crippen LogP contribution in [0.2, 0.25) is 0 Å². The average Bonchev–Trinajstić information content (AvgIpc) is 3.09. The lowest BCUT2D eigenvalue weighted by molar-refractivity contribution is -0.167. The maximum absolute atomic E-state index is 13.4. The predicted molar refractivity (Wildman–Crippen MR) is 112 cm³/mol. The van der Waals surface area contributed by atoms with Gasteiger partial charge in [0.25, 0.3) is 5.91 Å². The van der Waals surface area contributed by atoms with Crippen LogP contribution in [0, 0.1) is 5.92 Å². The van der Waals surface area contributed by atoms with Crippen molar-refractivity contribution < 1.29 is 37.4 Å². The molecule has 1 aliphatic carbocycles. The van der Waals surface area contributed by atoms with E-state index in [9.17, 15) is 27.6 Å². The Morgan fingerprint density at radius 2 is 1.58 bits per heavy atom. The summed E-state index contributed by atoms with van der Waals surface area (Å²) < 4.78 is 45.2. The molecule has 176 valence electrons. The van der Waals surface area contributed by atoms with Gasteiger partial charge in [0.2, 0.25) is 6.04 Å². The summed E-state index contributed by atoms with van der Waals surface area (Å²) in [5, 5.41) is 12.5. The molecule has 2 amide bonds. The van der Waals surface area contributed by atoms with Gasteiger partial charge < -0.3 is 20.5 Å². The standard InChI is InChI=1S/C23H23F3N2O5/c1-2-13(21(30)31)11-27-20(29)19(23(24,25)26)28-22(32)33-12-18-16-9-5-3-7-14(16)15-8-4-6-10-17(15)18/h3-10,13,18-19H,2,11-12H2,1H3,(H,27,29)(H,28,32)(H,30,31). The minimum absolute atomic E-state index is 0.117. The second-order valence-corrected chi connectivity index (χ2v) is 7.63. The van der Waals surface area contributed by atoms with Gasteiger partial charge in [0.15, 0.2) is 0 Å². The Kier molecular flexibility index (Phi) is 7.25. The number of benzene rings is 2. The number of amides is 2. The molecule has 2 aromatic carbocycles. The maximum atomic E-state index is 13.4. The normalized spacial score (nSPS) is 14.5. The zero-order valence-electron chi connectivity index (χ0n) is 17.7. The van der Waals surface area contributed by atoms with Crippen LogP contribution in [0.1, 0.15) is 30.4 Å². The first-order valence-corrected chi connectivity index (χ1v) is 10.3. The summed E-state index contributed by atoms with van der Waals surface area (Å²) in [6.07, 6.45) is -6.38. The molecule has 0 radical (unpaired) electrons. The van der Waals surface area contributed by atoms with Crippen molar-refractivity contribution in [3.05, 3.63) is 59.7 Å². The van der Waals surface area contributed by atoms with Crippen LogP contribution in [0.4, 0.5) is 18.0 Å². The minimum atomic E-state index is -5.10. The molecule has 10 heteroatoms. The molecule has 33 heavy (non-hydrogen) atoms. The van der Waals surface area contributed by atoms with Crippen LogP contribution in [0.15, 0.2) is 48.5 Å². The smallest absolute Gasteiger partial charge is 0.417 e. The summed E-state index contributed by atoms with van der Waals surface area (Å²) in [6.45, 7) is 0.813. The summed E-state index contributed by atoms with van der Waals surface area (Å²) in [5.74, 6) is -4.21. The Hall–Kier alpha value is -3.56. The second-order valence-electron chi connectivity index (χ2n) is 7.63. The Morgan fingerprint density at radius 1 is 1.03 bits per heavy atom. The van der Waals surface area contributed by atoms with E-state index in [1.807, 2.05) is 53.8 Å². The molecule has 2 aromatic rings. The number of carbonyl (C=O) groups excluding carboxylic acids is 2. The van der Waals surface area contributed by atoms with E-state index < -0.39 is 42.7 Å². The molecule has 3 rings (SSSR count). The average molecular weight is 464 g/mol. The van der Waals surface area contributed by atoms with Crippen LogP contribution in [0.3, 0.4) is 0 Å². The molecule has 0 saturated heterocycles. The molecule has 0 saturated carbocycles. The van der Waals surface area contributed by atoms with Crippen LogP contribution < -0.4 is 10.6 Å². The predicted octanol–water partition coefficient (Wildman–Crippen LogP) is 3.68. The van der Waals surface area contributed by atoms with Crippen LogP contribution in [0.5, 0.6) is 0 Å². The number of aliphatic carboxylic acids is 1. The summed E-state index contributed by atoms with van der Waals surface area (Å²) in [6, 6.07) is 12.1. The zero-order valence-corrected chi connectivity index (χ0v) is 17.7. The molecular weight excluding hydrogens is 441 g/mol. The third-order valence-corrected chi connectivity index (χ3v) is 5.56. The summed E-state index contributed by atoms with van der Waals surface area (Å²) in [7, 11) is 0. The summed E-state index contributed by atoms with van der Waals surface area (Å²) >= 11 is 0. The number of halogens is 3. The van der Waals surface area contributed by atoms with E-state index in [2.05, 4.69) is 0 Å². The monoisotopic (exact) mass is 464 g/mol. The van der Waals surface area contributed by atoms with E-state index in [1.54, 1.807) is 5.32 Å². The Labute approximate surface area is 187 Å². The molecule has 0 aromatic heterocycles. The fourth-order valence-corrected chi connectivity index (χ4v) is 3.79. The molecule has 0 heterocycles. The van der Waals surface area contributed by atoms with Gasteiger partial charge in [-0.2, -0.15) is 13.2 Å². The molecule has 2 atom stereocenters. The lowest BCUT2D eigenvalue weighted by Gasteiger charge is -2.22. The van der Waals surface area contributed by atoms with E-state index in [1.165, 1.54) is 6.92 Å². The SMILES string of the molecule is CCC(CNC(=O)C(NC(=O)OCC1c2ccccc2-c2ccccc21)C(F)(F)F)C(=O)O. The highest BCUT2D eigenvalue weighted by Crippen LogP contribution is 2.44. The summed E-state index contributed by atoms with van der Waals surface area (Å²) in [4.78, 5) is 35.3. The molecule has 2 unspecified atom stereocenters. The molecular formula is C23H23F3N2O5. The zero-order chi connectivity index (χ0) is 24.2. The van der Waals surface area contributed by atoms with Crippen LogP contribution in [-0.2, 0) is 14.3 Å². The molecule has 0 aliphatic heterocycles. The molecule has 0 spiro atoms. The molecule has 1 aliphatic rings. The Bertz CT molecular complexity index is 995. The second kappa shape index (κ2) is 9.93. The molecule has 0 fully saturated rings. The lowest BCUT2D eigenvalue weighted by atomic mass is 9.98. The van der Waals surface area contributed by atoms with E-state index in [-0.39, 0.29) is 18.9 Å². The third kappa shape index (κ3) is 5.44. The van der Waals surface area contributed by atoms with Gasteiger partial charge >= 0.3 is 18.2 Å². The number of alkyl carbamates (subject to hydrolysis) is 1. The first-order valence-electron chi connectivity index (χ1n) is 10.3. The van der Waals surface area contributed by atoms with Crippen molar-refractivity contribution in [1.29, 1.82) is 0 Å². The van der Waals surface area contributed by atoms with Gasteiger partial charge in [0.05, 0.1) is 5.92 Å². The van der Waals surface area contributed by atoms with E-state index in [0.29, 0.717) is 0 Å². The number of hydrogen-bond donors (Lipinski definition) is 3. The highest BCUT2D eigenvalue weighted by Gasteiger charge is 2.46. The van der Waals surface area contributed by atoms with Crippen LogP contribution in [0.25, 0.3) is 11.1 Å². The number of hydrogen-bond acceptors (Lipinski definition) is 4. The first kappa shape index (κ1) is 24.1. The van der Waals surface area contributed by atoms with Crippen molar-refractivity contribution in [3.8, 4) is 11.1 Å². The van der Waals surface area contributed by atoms with Crippen molar-refractivity contribution in [2.24, 2.45) is 5.92 Å². The summed E-state index contributed by atoms with van der Waals surface area (Å²) in [5.41, 5.74) is 3.68. The Balaban J connectivity index is 1.66.